The summed E-state index contributed by atoms with van der Waals surface area (Å²) >= 11 is 0. The van der Waals surface area contributed by atoms with E-state index < -0.39 is 23.4 Å². The molecule has 0 atom stereocenters. The van der Waals surface area contributed by atoms with Crippen LogP contribution in [0.5, 0.6) is 0 Å². The maximum Gasteiger partial charge on any atom is 0.338 e. The Labute approximate surface area is 116 Å². The van der Waals surface area contributed by atoms with Gasteiger partial charge in [-0.2, -0.15) is 0 Å². The van der Waals surface area contributed by atoms with E-state index in [-0.39, 0.29) is 11.1 Å². The number of amides is 2. The zero-order valence-corrected chi connectivity index (χ0v) is 11.2. The number of carbonyl (C=O) groups excluding carboxylic acids is 1. The van der Waals surface area contributed by atoms with Crippen LogP contribution in [-0.4, -0.2) is 23.7 Å². The summed E-state index contributed by atoms with van der Waals surface area (Å²) in [6.45, 7) is 2.69. The van der Waals surface area contributed by atoms with Crippen molar-refractivity contribution in [3.8, 4) is 0 Å². The van der Waals surface area contributed by atoms with Gasteiger partial charge in [-0.1, -0.05) is 6.92 Å². The van der Waals surface area contributed by atoms with E-state index in [0.29, 0.717) is 6.54 Å². The van der Waals surface area contributed by atoms with Crippen LogP contribution < -0.4 is 10.6 Å². The molecular formula is C14H17FN2O3. The van der Waals surface area contributed by atoms with E-state index in [1.807, 2.05) is 0 Å². The molecule has 0 heterocycles. The van der Waals surface area contributed by atoms with Gasteiger partial charge in [0.25, 0.3) is 0 Å². The largest absolute Gasteiger partial charge is 0.478 e. The second-order valence-electron chi connectivity index (χ2n) is 5.16. The number of hydrogen-bond donors (Lipinski definition) is 3. The number of rotatable bonds is 5. The third-order valence-corrected chi connectivity index (χ3v) is 3.79. The van der Waals surface area contributed by atoms with Gasteiger partial charge >= 0.3 is 12.0 Å². The highest BCUT2D eigenvalue weighted by molar-refractivity contribution is 5.91. The number of nitrogens with one attached hydrogen (secondary N) is 2. The highest BCUT2D eigenvalue weighted by Gasteiger charge is 2.40. The molecule has 0 radical (unpaired) electrons. The van der Waals surface area contributed by atoms with Crippen LogP contribution in [0.4, 0.5) is 14.9 Å². The molecule has 20 heavy (non-hydrogen) atoms. The fraction of sp³-hybridized carbons (Fsp3) is 0.429. The number of carboxylic acid groups (broad SMARTS) is 1. The third-order valence-electron chi connectivity index (χ3n) is 3.79. The predicted octanol–water partition coefficient (Wildman–Crippen LogP) is 2.84. The zero-order valence-electron chi connectivity index (χ0n) is 11.2. The monoisotopic (exact) mass is 280 g/mol. The van der Waals surface area contributed by atoms with Gasteiger partial charge < -0.3 is 15.7 Å². The summed E-state index contributed by atoms with van der Waals surface area (Å²) in [7, 11) is 0. The van der Waals surface area contributed by atoms with Crippen molar-refractivity contribution in [2.75, 3.05) is 11.9 Å². The van der Waals surface area contributed by atoms with Crippen LogP contribution in [-0.2, 0) is 0 Å². The topological polar surface area (TPSA) is 78.4 Å². The van der Waals surface area contributed by atoms with E-state index in [4.69, 9.17) is 5.11 Å². The van der Waals surface area contributed by atoms with Gasteiger partial charge in [0.1, 0.15) is 5.82 Å². The van der Waals surface area contributed by atoms with E-state index in [2.05, 4.69) is 17.6 Å². The lowest BCUT2D eigenvalue weighted by Gasteiger charge is -2.14. The highest BCUT2D eigenvalue weighted by Crippen LogP contribution is 2.47. The van der Waals surface area contributed by atoms with Crippen LogP contribution in [0.15, 0.2) is 18.2 Å². The van der Waals surface area contributed by atoms with Crippen molar-refractivity contribution < 1.29 is 19.1 Å². The highest BCUT2D eigenvalue weighted by atomic mass is 19.1. The molecule has 0 saturated heterocycles. The minimum Gasteiger partial charge on any atom is -0.478 e. The van der Waals surface area contributed by atoms with Crippen LogP contribution in [0, 0.1) is 11.2 Å². The van der Waals surface area contributed by atoms with Gasteiger partial charge in [0.15, 0.2) is 0 Å². The molecule has 0 aromatic heterocycles. The first-order valence-corrected chi connectivity index (χ1v) is 6.53. The van der Waals surface area contributed by atoms with Gasteiger partial charge in [0.05, 0.1) is 5.56 Å². The normalized spacial score (nSPS) is 15.5. The summed E-state index contributed by atoms with van der Waals surface area (Å²) in [6, 6.07) is 3.07. The van der Waals surface area contributed by atoms with E-state index in [1.54, 1.807) is 0 Å². The lowest BCUT2D eigenvalue weighted by Crippen LogP contribution is -2.33. The minimum atomic E-state index is -1.34. The smallest absolute Gasteiger partial charge is 0.338 e. The molecule has 0 aliphatic heterocycles. The molecule has 3 N–H and O–H groups in total. The summed E-state index contributed by atoms with van der Waals surface area (Å²) in [6.07, 6.45) is 3.26. The standard InChI is InChI=1S/C14H17FN2O3/c1-2-14(5-6-14)8-16-13(20)17-9-3-4-10(12(18)19)11(15)7-9/h3-4,7H,2,5-6,8H2,1H3,(H,18,19)(H2,16,17,20). The fourth-order valence-corrected chi connectivity index (χ4v) is 2.04. The molecule has 0 bridgehead atoms. The van der Waals surface area contributed by atoms with Gasteiger partial charge in [-0.15, -0.1) is 0 Å². The Morgan fingerprint density at radius 2 is 2.10 bits per heavy atom. The summed E-state index contributed by atoms with van der Waals surface area (Å²) in [5.41, 5.74) is 0.0423. The Morgan fingerprint density at radius 1 is 1.40 bits per heavy atom. The Morgan fingerprint density at radius 3 is 2.60 bits per heavy atom. The van der Waals surface area contributed by atoms with Crippen molar-refractivity contribution in [3.63, 3.8) is 0 Å². The number of carboxylic acids is 1. The molecule has 1 saturated carbocycles. The molecule has 108 valence electrons. The van der Waals surface area contributed by atoms with Crippen molar-refractivity contribution in [2.45, 2.75) is 26.2 Å². The quantitative estimate of drug-likeness (QED) is 0.776. The number of anilines is 1. The molecule has 2 rings (SSSR count). The first-order chi connectivity index (χ1) is 9.46. The number of urea groups is 1. The van der Waals surface area contributed by atoms with Gasteiger partial charge in [-0.3, -0.25) is 0 Å². The van der Waals surface area contributed by atoms with Crippen molar-refractivity contribution in [1.29, 1.82) is 0 Å². The Kier molecular flexibility index (Phi) is 3.92. The Hall–Kier alpha value is -2.11. The van der Waals surface area contributed by atoms with E-state index in [1.165, 1.54) is 6.07 Å². The molecule has 5 nitrogen and oxygen atoms in total. The number of benzene rings is 1. The molecule has 0 unspecified atom stereocenters. The summed E-state index contributed by atoms with van der Waals surface area (Å²) in [5, 5.41) is 13.9. The van der Waals surface area contributed by atoms with Crippen molar-refractivity contribution in [1.82, 2.24) is 5.32 Å². The van der Waals surface area contributed by atoms with Crippen LogP contribution >= 0.6 is 0 Å². The average Bonchev–Trinajstić information content (AvgIpc) is 3.17. The maximum atomic E-state index is 13.4. The number of aromatic carboxylic acids is 1. The molecular weight excluding hydrogens is 263 g/mol. The van der Waals surface area contributed by atoms with Crippen molar-refractivity contribution >= 4 is 17.7 Å². The first-order valence-electron chi connectivity index (χ1n) is 6.53. The molecule has 1 aliphatic carbocycles. The lowest BCUT2D eigenvalue weighted by atomic mass is 10.0. The molecule has 1 aromatic carbocycles. The Balaban J connectivity index is 1.91. The SMILES string of the molecule is CCC1(CNC(=O)Nc2ccc(C(=O)O)c(F)c2)CC1. The van der Waals surface area contributed by atoms with E-state index in [9.17, 15) is 14.0 Å². The zero-order chi connectivity index (χ0) is 14.8. The third kappa shape index (κ3) is 3.26. The van der Waals surface area contributed by atoms with Crippen LogP contribution in [0.1, 0.15) is 36.5 Å². The van der Waals surface area contributed by atoms with E-state index in [0.717, 1.165) is 31.4 Å². The fourth-order valence-electron chi connectivity index (χ4n) is 2.04. The van der Waals surface area contributed by atoms with E-state index >= 15 is 0 Å². The summed E-state index contributed by atoms with van der Waals surface area (Å²) < 4.78 is 13.4. The van der Waals surface area contributed by atoms with Gasteiger partial charge in [0, 0.05) is 12.2 Å². The maximum absolute atomic E-state index is 13.4. The van der Waals surface area contributed by atoms with Crippen LogP contribution in [0.2, 0.25) is 0 Å². The summed E-state index contributed by atoms with van der Waals surface area (Å²) in [5.74, 6) is -2.21. The Bertz CT molecular complexity index is 541. The number of carbonyl (C=O) groups is 2. The average molecular weight is 280 g/mol. The molecule has 1 fully saturated rings. The summed E-state index contributed by atoms with van der Waals surface area (Å²) in [4.78, 5) is 22.3. The van der Waals surface area contributed by atoms with Gasteiger partial charge in [-0.05, 0) is 42.9 Å². The second-order valence-corrected chi connectivity index (χ2v) is 5.16. The number of hydrogen-bond acceptors (Lipinski definition) is 2. The first kappa shape index (κ1) is 14.3. The van der Waals surface area contributed by atoms with Crippen LogP contribution in [0.25, 0.3) is 0 Å². The van der Waals surface area contributed by atoms with Gasteiger partial charge in [-0.25, -0.2) is 14.0 Å². The van der Waals surface area contributed by atoms with Crippen molar-refractivity contribution in [3.05, 3.63) is 29.6 Å². The predicted molar refractivity (Wildman–Crippen MR) is 72.3 cm³/mol. The van der Waals surface area contributed by atoms with Crippen LogP contribution in [0.3, 0.4) is 0 Å². The molecule has 1 aromatic rings. The van der Waals surface area contributed by atoms with Gasteiger partial charge in [0.2, 0.25) is 0 Å². The number of halogens is 1. The molecule has 1 aliphatic rings. The lowest BCUT2D eigenvalue weighted by molar-refractivity contribution is 0.0692. The minimum absolute atomic E-state index is 0.228. The van der Waals surface area contributed by atoms with Crippen molar-refractivity contribution in [2.24, 2.45) is 5.41 Å². The molecule has 6 heteroatoms. The molecule has 0 spiro atoms. The molecule has 2 amide bonds. The second kappa shape index (κ2) is 5.48.